The fourth-order valence-corrected chi connectivity index (χ4v) is 4.12. The molecular formula is C15H7ClN4O4S2. The molecule has 0 aliphatic heterocycles. The topological polar surface area (TPSA) is 111 Å². The van der Waals surface area contributed by atoms with Crippen LogP contribution in [0.4, 0.5) is 11.7 Å². The van der Waals surface area contributed by atoms with E-state index in [2.05, 4.69) is 15.5 Å². The summed E-state index contributed by atoms with van der Waals surface area (Å²) in [6.07, 6.45) is 0. The number of aromatic nitrogens is 2. The van der Waals surface area contributed by atoms with Crippen LogP contribution >= 0.6 is 34.3 Å². The fraction of sp³-hybridized carbons (Fsp3) is 0. The Kier molecular flexibility index (Phi) is 4.15. The zero-order valence-electron chi connectivity index (χ0n) is 12.6. The predicted octanol–water partition coefficient (Wildman–Crippen LogP) is 4.83. The number of carbonyl (C=O) groups excluding carboxylic acids is 1. The van der Waals surface area contributed by atoms with Crippen LogP contribution in [-0.4, -0.2) is 21.0 Å². The number of nitrogens with zero attached hydrogens (tertiary/aromatic N) is 3. The molecular weight excluding hydrogens is 400 g/mol. The molecule has 0 atom stereocenters. The molecule has 3 aromatic heterocycles. The van der Waals surface area contributed by atoms with E-state index in [-0.39, 0.29) is 17.6 Å². The van der Waals surface area contributed by atoms with Gasteiger partial charge in [0.1, 0.15) is 0 Å². The average Bonchev–Trinajstić information content (AvgIpc) is 3.32. The molecule has 0 aliphatic carbocycles. The Labute approximate surface area is 158 Å². The highest BCUT2D eigenvalue weighted by molar-refractivity contribution is 7.21. The Morgan fingerprint density at radius 3 is 2.77 bits per heavy atom. The number of hydrogen-bond donors (Lipinski definition) is 1. The van der Waals surface area contributed by atoms with E-state index < -0.39 is 10.8 Å². The van der Waals surface area contributed by atoms with E-state index in [0.29, 0.717) is 19.5 Å². The van der Waals surface area contributed by atoms with Crippen molar-refractivity contribution in [1.29, 1.82) is 0 Å². The molecule has 4 rings (SSSR count). The van der Waals surface area contributed by atoms with E-state index in [9.17, 15) is 14.9 Å². The van der Waals surface area contributed by atoms with Gasteiger partial charge in [0.15, 0.2) is 0 Å². The molecule has 130 valence electrons. The molecule has 0 bridgehead atoms. The normalized spacial score (nSPS) is 11.0. The van der Waals surface area contributed by atoms with E-state index in [0.717, 1.165) is 4.70 Å². The fourth-order valence-electron chi connectivity index (χ4n) is 2.22. The molecule has 4 aromatic rings. The minimum absolute atomic E-state index is 0.0293. The molecule has 0 spiro atoms. The van der Waals surface area contributed by atoms with Crippen molar-refractivity contribution in [2.24, 2.45) is 0 Å². The van der Waals surface area contributed by atoms with Crippen LogP contribution in [0.5, 0.6) is 0 Å². The van der Waals surface area contributed by atoms with E-state index >= 15 is 0 Å². The van der Waals surface area contributed by atoms with Gasteiger partial charge < -0.3 is 4.42 Å². The number of anilines is 1. The standard InChI is InChI=1S/C15H7ClN4O4S2/c16-12-4-3-10(26-12)14-18-19-15(24-14)17-13(21)11-6-7-5-8(20(22)23)1-2-9(7)25-11/h1-6H,(H,17,19,21). The minimum Gasteiger partial charge on any atom is -0.402 e. The molecule has 0 saturated heterocycles. The molecule has 1 aromatic carbocycles. The number of nitro benzene ring substituents is 1. The number of halogens is 1. The molecule has 0 radical (unpaired) electrons. The Bertz CT molecular complexity index is 1150. The summed E-state index contributed by atoms with van der Waals surface area (Å²) in [6.45, 7) is 0. The first-order valence-electron chi connectivity index (χ1n) is 7.08. The van der Waals surface area contributed by atoms with Gasteiger partial charge >= 0.3 is 6.01 Å². The van der Waals surface area contributed by atoms with Gasteiger partial charge in [0, 0.05) is 22.2 Å². The maximum atomic E-state index is 12.4. The van der Waals surface area contributed by atoms with Crippen molar-refractivity contribution in [2.75, 3.05) is 5.32 Å². The lowest BCUT2D eigenvalue weighted by Gasteiger charge is -1.95. The number of hydrogen-bond acceptors (Lipinski definition) is 8. The Balaban J connectivity index is 1.55. The van der Waals surface area contributed by atoms with Gasteiger partial charge in [0.25, 0.3) is 17.5 Å². The van der Waals surface area contributed by atoms with Gasteiger partial charge in [-0.1, -0.05) is 16.7 Å². The van der Waals surface area contributed by atoms with Gasteiger partial charge in [-0.2, -0.15) is 0 Å². The van der Waals surface area contributed by atoms with Crippen LogP contribution in [0.1, 0.15) is 9.67 Å². The summed E-state index contributed by atoms with van der Waals surface area (Å²) < 4.78 is 6.76. The van der Waals surface area contributed by atoms with E-state index in [1.165, 1.54) is 34.8 Å². The van der Waals surface area contributed by atoms with Crippen LogP contribution in [0, 0.1) is 10.1 Å². The number of nitrogens with one attached hydrogen (secondary N) is 1. The van der Waals surface area contributed by atoms with E-state index in [4.69, 9.17) is 16.0 Å². The maximum absolute atomic E-state index is 12.4. The van der Waals surface area contributed by atoms with Gasteiger partial charge in [0.2, 0.25) is 0 Å². The van der Waals surface area contributed by atoms with Gasteiger partial charge in [-0.3, -0.25) is 20.2 Å². The number of thiophene rings is 2. The number of benzene rings is 1. The van der Waals surface area contributed by atoms with Gasteiger partial charge in [-0.25, -0.2) is 0 Å². The first kappa shape index (κ1) is 16.6. The summed E-state index contributed by atoms with van der Waals surface area (Å²) >= 11 is 8.36. The Morgan fingerprint density at radius 2 is 2.04 bits per heavy atom. The molecule has 0 aliphatic rings. The lowest BCUT2D eigenvalue weighted by atomic mass is 10.2. The summed E-state index contributed by atoms with van der Waals surface area (Å²) in [5, 5.41) is 21.6. The third kappa shape index (κ3) is 3.17. The van der Waals surface area contributed by atoms with Crippen molar-refractivity contribution >= 4 is 62.0 Å². The van der Waals surface area contributed by atoms with Crippen LogP contribution in [0.3, 0.4) is 0 Å². The molecule has 0 unspecified atom stereocenters. The molecule has 1 N–H and O–H groups in total. The molecule has 0 fully saturated rings. The van der Waals surface area contributed by atoms with Crippen molar-refractivity contribution in [3.05, 3.63) is 55.7 Å². The average molecular weight is 407 g/mol. The lowest BCUT2D eigenvalue weighted by Crippen LogP contribution is -2.10. The monoisotopic (exact) mass is 406 g/mol. The lowest BCUT2D eigenvalue weighted by molar-refractivity contribution is -0.384. The highest BCUT2D eigenvalue weighted by Gasteiger charge is 2.17. The van der Waals surface area contributed by atoms with E-state index in [1.54, 1.807) is 24.3 Å². The largest absolute Gasteiger partial charge is 0.402 e. The molecule has 0 saturated carbocycles. The second-order valence-corrected chi connectivity index (χ2v) is 7.86. The van der Waals surface area contributed by atoms with Crippen molar-refractivity contribution < 1.29 is 14.1 Å². The predicted molar refractivity (Wildman–Crippen MR) is 99.1 cm³/mol. The zero-order chi connectivity index (χ0) is 18.3. The summed E-state index contributed by atoms with van der Waals surface area (Å²) in [6, 6.07) is 9.42. The summed E-state index contributed by atoms with van der Waals surface area (Å²) in [5.41, 5.74) is -0.0293. The first-order valence-corrected chi connectivity index (χ1v) is 9.09. The molecule has 11 heteroatoms. The maximum Gasteiger partial charge on any atom is 0.322 e. The van der Waals surface area contributed by atoms with Crippen LogP contribution in [0.25, 0.3) is 20.9 Å². The summed E-state index contributed by atoms with van der Waals surface area (Å²) in [7, 11) is 0. The van der Waals surface area contributed by atoms with Crippen molar-refractivity contribution in [2.45, 2.75) is 0 Å². The van der Waals surface area contributed by atoms with Crippen molar-refractivity contribution in [3.63, 3.8) is 0 Å². The first-order chi connectivity index (χ1) is 12.5. The summed E-state index contributed by atoms with van der Waals surface area (Å²) in [4.78, 5) is 23.8. The van der Waals surface area contributed by atoms with Crippen LogP contribution in [0.2, 0.25) is 4.34 Å². The van der Waals surface area contributed by atoms with E-state index in [1.807, 2.05) is 0 Å². The van der Waals surface area contributed by atoms with Crippen LogP contribution < -0.4 is 5.32 Å². The Hall–Kier alpha value is -2.82. The van der Waals surface area contributed by atoms with Crippen molar-refractivity contribution in [3.8, 4) is 10.8 Å². The third-order valence-electron chi connectivity index (χ3n) is 3.36. The third-order valence-corrected chi connectivity index (χ3v) is 5.70. The Morgan fingerprint density at radius 1 is 1.19 bits per heavy atom. The number of amides is 1. The van der Waals surface area contributed by atoms with Crippen LogP contribution in [-0.2, 0) is 0 Å². The zero-order valence-corrected chi connectivity index (χ0v) is 15.0. The summed E-state index contributed by atoms with van der Waals surface area (Å²) in [5.74, 6) is -0.183. The molecule has 8 nitrogen and oxygen atoms in total. The van der Waals surface area contributed by atoms with Crippen LogP contribution in [0.15, 0.2) is 40.8 Å². The van der Waals surface area contributed by atoms with Gasteiger partial charge in [-0.15, -0.1) is 27.8 Å². The quantitative estimate of drug-likeness (QED) is 0.384. The number of fused-ring (bicyclic) bond motifs is 1. The number of carbonyl (C=O) groups is 1. The SMILES string of the molecule is O=C(Nc1nnc(-c2ccc(Cl)s2)o1)c1cc2cc([N+](=O)[O-])ccc2s1. The highest BCUT2D eigenvalue weighted by atomic mass is 35.5. The highest BCUT2D eigenvalue weighted by Crippen LogP contribution is 2.32. The second kappa shape index (κ2) is 6.48. The second-order valence-electron chi connectivity index (χ2n) is 5.06. The molecule has 26 heavy (non-hydrogen) atoms. The molecule has 1 amide bonds. The molecule has 3 heterocycles. The van der Waals surface area contributed by atoms with Crippen molar-refractivity contribution in [1.82, 2.24) is 10.2 Å². The van der Waals surface area contributed by atoms with Gasteiger partial charge in [0.05, 0.1) is 19.0 Å². The van der Waals surface area contributed by atoms with Gasteiger partial charge in [-0.05, 0) is 24.3 Å². The minimum atomic E-state index is -0.479. The number of nitro groups is 1. The number of non-ortho nitro benzene ring substituents is 1. The smallest absolute Gasteiger partial charge is 0.322 e. The number of rotatable bonds is 4.